The number of rotatable bonds is 5. The minimum Gasteiger partial charge on any atom is -0.347 e. The molecule has 0 aliphatic heterocycles. The third kappa shape index (κ3) is 3.03. The molecule has 0 amide bonds. The highest BCUT2D eigenvalue weighted by molar-refractivity contribution is 6.25. The van der Waals surface area contributed by atoms with Crippen LogP contribution in [0.1, 0.15) is 11.1 Å². The second kappa shape index (κ2) is 6.00. The van der Waals surface area contributed by atoms with Crippen LogP contribution in [-0.4, -0.2) is 6.61 Å². The lowest BCUT2D eigenvalue weighted by atomic mass is 10.0. The van der Waals surface area contributed by atoms with Crippen LogP contribution in [0, 0.1) is 5.82 Å². The summed E-state index contributed by atoms with van der Waals surface area (Å²) >= 11 is 6.60. The van der Waals surface area contributed by atoms with Gasteiger partial charge in [-0.2, -0.15) is 0 Å². The Morgan fingerprint density at radius 3 is 2.42 bits per heavy atom. The smallest absolute Gasteiger partial charge is 0.193 e. The minimum absolute atomic E-state index is 0.273. The highest BCUT2D eigenvalue weighted by Gasteiger charge is 2.32. The van der Waals surface area contributed by atoms with E-state index in [1.54, 1.807) is 18.2 Å². The van der Waals surface area contributed by atoms with Crippen LogP contribution in [0.25, 0.3) is 0 Å². The molecule has 98 valence electrons. The summed E-state index contributed by atoms with van der Waals surface area (Å²) in [6.07, 6.45) is 1.61. The second-order valence-corrected chi connectivity index (χ2v) is 4.60. The van der Waals surface area contributed by atoms with Gasteiger partial charge in [0, 0.05) is 11.1 Å². The monoisotopic (exact) mass is 276 g/mol. The molecule has 0 aromatic heterocycles. The van der Waals surface area contributed by atoms with Crippen molar-refractivity contribution in [2.45, 2.75) is 5.06 Å². The normalized spacial score (nSPS) is 13.8. The largest absolute Gasteiger partial charge is 0.347 e. The molecule has 0 radical (unpaired) electrons. The second-order valence-electron chi connectivity index (χ2n) is 4.07. The van der Waals surface area contributed by atoms with E-state index in [2.05, 4.69) is 6.58 Å². The fourth-order valence-electron chi connectivity index (χ4n) is 1.85. The Morgan fingerprint density at radius 2 is 1.79 bits per heavy atom. The topological polar surface area (TPSA) is 9.23 Å². The minimum atomic E-state index is -1.21. The first-order valence-electron chi connectivity index (χ1n) is 5.92. The Bertz CT molecular complexity index is 556. The van der Waals surface area contributed by atoms with Gasteiger partial charge >= 0.3 is 0 Å². The first-order chi connectivity index (χ1) is 9.16. The van der Waals surface area contributed by atoms with Crippen LogP contribution in [0.4, 0.5) is 4.39 Å². The van der Waals surface area contributed by atoms with Crippen molar-refractivity contribution in [2.24, 2.45) is 0 Å². The van der Waals surface area contributed by atoms with Gasteiger partial charge in [0.05, 0.1) is 6.61 Å². The summed E-state index contributed by atoms with van der Waals surface area (Å²) in [5, 5.41) is -1.21. The average Bonchev–Trinajstić information content (AvgIpc) is 2.45. The van der Waals surface area contributed by atoms with Crippen molar-refractivity contribution in [3.63, 3.8) is 0 Å². The van der Waals surface area contributed by atoms with E-state index in [-0.39, 0.29) is 12.4 Å². The maximum atomic E-state index is 13.4. The number of ether oxygens (including phenoxy) is 1. The van der Waals surface area contributed by atoms with Gasteiger partial charge in [0.15, 0.2) is 5.06 Å². The van der Waals surface area contributed by atoms with Crippen molar-refractivity contribution in [2.75, 3.05) is 6.61 Å². The van der Waals surface area contributed by atoms with E-state index in [0.717, 1.165) is 5.56 Å². The summed E-state index contributed by atoms with van der Waals surface area (Å²) in [6.45, 7) is 3.88. The predicted octanol–water partition coefficient (Wildman–Crippen LogP) is 4.47. The average molecular weight is 277 g/mol. The van der Waals surface area contributed by atoms with Gasteiger partial charge in [0.1, 0.15) is 5.82 Å². The highest BCUT2D eigenvalue weighted by Crippen LogP contribution is 2.38. The predicted molar refractivity (Wildman–Crippen MR) is 75.6 cm³/mol. The van der Waals surface area contributed by atoms with Gasteiger partial charge in [0.2, 0.25) is 0 Å². The molecule has 0 aliphatic carbocycles. The molecule has 0 bridgehead atoms. The zero-order valence-corrected chi connectivity index (χ0v) is 11.1. The third-order valence-electron chi connectivity index (χ3n) is 2.74. The summed E-state index contributed by atoms with van der Waals surface area (Å²) in [5.41, 5.74) is 1.31. The SMILES string of the molecule is C=CCOC(Cl)(c1ccccc1)c1cccc(F)c1. The van der Waals surface area contributed by atoms with Crippen LogP contribution in [0.15, 0.2) is 67.3 Å². The quantitative estimate of drug-likeness (QED) is 0.578. The molecule has 2 aromatic carbocycles. The van der Waals surface area contributed by atoms with Crippen LogP contribution in [0.3, 0.4) is 0 Å². The van der Waals surface area contributed by atoms with E-state index in [9.17, 15) is 4.39 Å². The molecule has 0 heterocycles. The Kier molecular flexibility index (Phi) is 4.35. The van der Waals surface area contributed by atoms with E-state index in [1.165, 1.54) is 12.1 Å². The van der Waals surface area contributed by atoms with Crippen LogP contribution >= 0.6 is 11.6 Å². The maximum absolute atomic E-state index is 13.4. The fourth-order valence-corrected chi connectivity index (χ4v) is 2.15. The van der Waals surface area contributed by atoms with Gasteiger partial charge < -0.3 is 4.74 Å². The summed E-state index contributed by atoms with van der Waals surface area (Å²) in [6, 6.07) is 15.4. The number of hydrogen-bond donors (Lipinski definition) is 0. The Morgan fingerprint density at radius 1 is 1.11 bits per heavy atom. The molecular weight excluding hydrogens is 263 g/mol. The van der Waals surface area contributed by atoms with Gasteiger partial charge in [-0.05, 0) is 12.1 Å². The molecule has 0 fully saturated rings. The van der Waals surface area contributed by atoms with Crippen LogP contribution in [0.5, 0.6) is 0 Å². The van der Waals surface area contributed by atoms with Gasteiger partial charge in [-0.1, -0.05) is 60.1 Å². The Hall–Kier alpha value is -1.64. The molecule has 0 saturated heterocycles. The third-order valence-corrected chi connectivity index (χ3v) is 3.29. The molecule has 0 aliphatic rings. The van der Waals surface area contributed by atoms with Crippen molar-refractivity contribution in [3.8, 4) is 0 Å². The molecular formula is C16H14ClFO. The van der Waals surface area contributed by atoms with E-state index >= 15 is 0 Å². The van der Waals surface area contributed by atoms with Crippen LogP contribution < -0.4 is 0 Å². The van der Waals surface area contributed by atoms with Crippen molar-refractivity contribution in [3.05, 3.63) is 84.2 Å². The Labute approximate surface area is 117 Å². The molecule has 3 heteroatoms. The van der Waals surface area contributed by atoms with Gasteiger partial charge in [-0.25, -0.2) is 4.39 Å². The maximum Gasteiger partial charge on any atom is 0.193 e. The van der Waals surface area contributed by atoms with Crippen molar-refractivity contribution < 1.29 is 9.13 Å². The first kappa shape index (κ1) is 13.8. The molecule has 19 heavy (non-hydrogen) atoms. The number of hydrogen-bond acceptors (Lipinski definition) is 1. The van der Waals surface area contributed by atoms with Crippen molar-refractivity contribution in [1.29, 1.82) is 0 Å². The van der Waals surface area contributed by atoms with E-state index in [0.29, 0.717) is 5.56 Å². The van der Waals surface area contributed by atoms with Crippen LogP contribution in [0.2, 0.25) is 0 Å². The van der Waals surface area contributed by atoms with Crippen LogP contribution in [-0.2, 0) is 9.80 Å². The standard InChI is InChI=1S/C16H14ClFO/c1-2-11-19-16(17,13-7-4-3-5-8-13)14-9-6-10-15(18)12-14/h2-10,12H,1,11H2. The van der Waals surface area contributed by atoms with Gasteiger partial charge in [-0.3, -0.25) is 0 Å². The molecule has 0 saturated carbocycles. The molecule has 0 spiro atoms. The summed E-state index contributed by atoms with van der Waals surface area (Å²) in [4.78, 5) is 0. The van der Waals surface area contributed by atoms with Crippen molar-refractivity contribution >= 4 is 11.6 Å². The molecule has 1 nitrogen and oxygen atoms in total. The summed E-state index contributed by atoms with van der Waals surface area (Å²) in [7, 11) is 0. The molecule has 0 N–H and O–H groups in total. The van der Waals surface area contributed by atoms with Gasteiger partial charge in [0.25, 0.3) is 0 Å². The summed E-state index contributed by atoms with van der Waals surface area (Å²) < 4.78 is 19.1. The highest BCUT2D eigenvalue weighted by atomic mass is 35.5. The lowest BCUT2D eigenvalue weighted by molar-refractivity contribution is 0.0675. The van der Waals surface area contributed by atoms with Gasteiger partial charge in [-0.15, -0.1) is 6.58 Å². The first-order valence-corrected chi connectivity index (χ1v) is 6.30. The van der Waals surface area contributed by atoms with E-state index < -0.39 is 5.06 Å². The molecule has 1 atom stereocenters. The zero-order chi connectivity index (χ0) is 13.7. The van der Waals surface area contributed by atoms with E-state index in [4.69, 9.17) is 16.3 Å². The number of alkyl halides is 1. The molecule has 2 aromatic rings. The van der Waals surface area contributed by atoms with Crippen molar-refractivity contribution in [1.82, 2.24) is 0 Å². The lowest BCUT2D eigenvalue weighted by Gasteiger charge is -2.28. The number of benzene rings is 2. The lowest BCUT2D eigenvalue weighted by Crippen LogP contribution is -2.25. The number of halogens is 2. The zero-order valence-electron chi connectivity index (χ0n) is 10.4. The summed E-state index contributed by atoms with van der Waals surface area (Å²) in [5.74, 6) is -0.347. The molecule has 1 unspecified atom stereocenters. The Balaban J connectivity index is 2.48. The fraction of sp³-hybridized carbons (Fsp3) is 0.125. The molecule has 2 rings (SSSR count). The van der Waals surface area contributed by atoms with E-state index in [1.807, 2.05) is 30.3 Å².